The minimum atomic E-state index is -0.0383. The second-order valence-corrected chi connectivity index (χ2v) is 14.4. The van der Waals surface area contributed by atoms with Gasteiger partial charge in [0.15, 0.2) is 0 Å². The van der Waals surface area contributed by atoms with Crippen LogP contribution in [-0.2, 0) is 5.41 Å². The van der Waals surface area contributed by atoms with E-state index in [9.17, 15) is 0 Å². The van der Waals surface area contributed by atoms with Crippen molar-refractivity contribution < 1.29 is 4.42 Å². The first kappa shape index (κ1) is 27.7. The Morgan fingerprint density at radius 3 is 1.64 bits per heavy atom. The first-order valence-corrected chi connectivity index (χ1v) is 17.5. The second kappa shape index (κ2) is 9.94. The van der Waals surface area contributed by atoms with Gasteiger partial charge in [-0.2, -0.15) is 0 Å². The van der Waals surface area contributed by atoms with Crippen molar-refractivity contribution in [3.05, 3.63) is 169 Å². The fourth-order valence-corrected chi connectivity index (χ4v) is 9.20. The van der Waals surface area contributed by atoms with Crippen molar-refractivity contribution in [2.75, 3.05) is 0 Å². The zero-order chi connectivity index (χ0) is 33.1. The first-order chi connectivity index (χ1) is 24.6. The molecular formula is C49H32O. The fourth-order valence-electron chi connectivity index (χ4n) is 9.20. The minimum Gasteiger partial charge on any atom is -0.456 e. The molecule has 0 amide bonds. The van der Waals surface area contributed by atoms with Crippen LogP contribution in [0.5, 0.6) is 0 Å². The van der Waals surface area contributed by atoms with Crippen LogP contribution in [0.4, 0.5) is 0 Å². The highest BCUT2D eigenvalue weighted by molar-refractivity contribution is 6.27. The Balaban J connectivity index is 1.24. The Morgan fingerprint density at radius 2 is 0.920 bits per heavy atom. The average Bonchev–Trinajstić information content (AvgIpc) is 3.65. The fraction of sp³-hybridized carbons (Fsp3) is 0.0612. The molecule has 50 heavy (non-hydrogen) atoms. The van der Waals surface area contributed by atoms with Gasteiger partial charge in [-0.15, -0.1) is 0 Å². The summed E-state index contributed by atoms with van der Waals surface area (Å²) >= 11 is 0. The molecule has 0 N–H and O–H groups in total. The van der Waals surface area contributed by atoms with E-state index in [1.807, 2.05) is 12.1 Å². The highest BCUT2D eigenvalue weighted by Crippen LogP contribution is 2.53. The lowest BCUT2D eigenvalue weighted by Crippen LogP contribution is -2.14. The lowest BCUT2D eigenvalue weighted by atomic mass is 9.81. The second-order valence-electron chi connectivity index (χ2n) is 14.4. The van der Waals surface area contributed by atoms with Gasteiger partial charge >= 0.3 is 0 Å². The molecule has 0 fully saturated rings. The minimum absolute atomic E-state index is 0.0383. The number of hydrogen-bond donors (Lipinski definition) is 0. The van der Waals surface area contributed by atoms with E-state index in [2.05, 4.69) is 159 Å². The molecule has 1 aliphatic rings. The summed E-state index contributed by atoms with van der Waals surface area (Å²) in [5.74, 6) is 0. The third-order valence-electron chi connectivity index (χ3n) is 11.4. The van der Waals surface area contributed by atoms with Crippen molar-refractivity contribution >= 4 is 65.0 Å². The third-order valence-corrected chi connectivity index (χ3v) is 11.4. The van der Waals surface area contributed by atoms with Crippen LogP contribution in [0.2, 0.25) is 0 Å². The van der Waals surface area contributed by atoms with Gasteiger partial charge in [0, 0.05) is 16.2 Å². The standard InChI is InChI=1S/C49H32O/c1-49(2)41-22-11-13-30-28-40(38-21-12-23-42(49)48(38)45(30)41)47-36-19-7-5-17-34(36)46(35-18-6-8-20-37(35)47)33-16-4-3-14-31(33)29-25-26-44-39(27-29)32-15-9-10-24-43(32)50-44/h3-28H,1-2H3. The molecule has 1 heteroatoms. The molecule has 0 saturated carbocycles. The van der Waals surface area contributed by atoms with E-state index in [0.717, 1.165) is 21.9 Å². The van der Waals surface area contributed by atoms with E-state index >= 15 is 0 Å². The molecule has 234 valence electrons. The Bertz CT molecular complexity index is 3010. The molecule has 11 rings (SSSR count). The van der Waals surface area contributed by atoms with Crippen molar-refractivity contribution in [3.8, 4) is 33.4 Å². The summed E-state index contributed by atoms with van der Waals surface area (Å²) in [6, 6.07) is 58.2. The van der Waals surface area contributed by atoms with Crippen molar-refractivity contribution in [1.82, 2.24) is 0 Å². The molecule has 0 bridgehead atoms. The van der Waals surface area contributed by atoms with Gasteiger partial charge in [0.1, 0.15) is 11.2 Å². The van der Waals surface area contributed by atoms with Gasteiger partial charge in [-0.25, -0.2) is 0 Å². The Morgan fingerprint density at radius 1 is 0.380 bits per heavy atom. The van der Waals surface area contributed by atoms with E-state index in [4.69, 9.17) is 4.42 Å². The highest BCUT2D eigenvalue weighted by atomic mass is 16.3. The number of fused-ring (bicyclic) bond motifs is 5. The summed E-state index contributed by atoms with van der Waals surface area (Å²) in [6.07, 6.45) is 0. The summed E-state index contributed by atoms with van der Waals surface area (Å²) in [5, 5.41) is 12.8. The lowest BCUT2D eigenvalue weighted by Gasteiger charge is -2.22. The van der Waals surface area contributed by atoms with Gasteiger partial charge in [0.2, 0.25) is 0 Å². The van der Waals surface area contributed by atoms with Crippen LogP contribution in [0, 0.1) is 0 Å². The molecular weight excluding hydrogens is 605 g/mol. The highest BCUT2D eigenvalue weighted by Gasteiger charge is 2.34. The average molecular weight is 637 g/mol. The van der Waals surface area contributed by atoms with Crippen molar-refractivity contribution in [3.63, 3.8) is 0 Å². The van der Waals surface area contributed by atoms with Gasteiger partial charge in [0.05, 0.1) is 0 Å². The van der Waals surface area contributed by atoms with Crippen LogP contribution in [0.3, 0.4) is 0 Å². The molecule has 0 radical (unpaired) electrons. The van der Waals surface area contributed by atoms with E-state index in [0.29, 0.717) is 0 Å². The van der Waals surface area contributed by atoms with Gasteiger partial charge in [-0.1, -0.05) is 147 Å². The SMILES string of the molecule is CC1(C)c2cccc3cc(-c4c5ccccc5c(-c5ccccc5-c5ccc6oc7ccccc7c6c5)c5ccccc45)c4cccc1c4c23. The van der Waals surface area contributed by atoms with E-state index < -0.39 is 0 Å². The quantitative estimate of drug-likeness (QED) is 0.139. The number of rotatable bonds is 3. The molecule has 0 aliphatic heterocycles. The molecule has 0 atom stereocenters. The summed E-state index contributed by atoms with van der Waals surface area (Å²) in [5.41, 5.74) is 12.1. The molecule has 10 aromatic rings. The molecule has 1 nitrogen and oxygen atoms in total. The van der Waals surface area contributed by atoms with Crippen molar-refractivity contribution in [2.24, 2.45) is 0 Å². The zero-order valence-electron chi connectivity index (χ0n) is 27.9. The Kier molecular flexibility index (Phi) is 5.51. The molecule has 1 heterocycles. The number of benzene rings is 9. The number of para-hydroxylation sites is 1. The molecule has 1 aliphatic carbocycles. The van der Waals surface area contributed by atoms with E-state index in [-0.39, 0.29) is 5.41 Å². The van der Waals surface area contributed by atoms with Crippen LogP contribution in [0.1, 0.15) is 25.0 Å². The summed E-state index contributed by atoms with van der Waals surface area (Å²) in [6.45, 7) is 4.75. The predicted octanol–water partition coefficient (Wildman–Crippen LogP) is 13.8. The van der Waals surface area contributed by atoms with Gasteiger partial charge in [0.25, 0.3) is 0 Å². The van der Waals surface area contributed by atoms with Gasteiger partial charge < -0.3 is 4.42 Å². The number of hydrogen-bond acceptors (Lipinski definition) is 1. The van der Waals surface area contributed by atoms with Gasteiger partial charge in [-0.3, -0.25) is 0 Å². The molecule has 0 saturated heterocycles. The topological polar surface area (TPSA) is 13.1 Å². The van der Waals surface area contributed by atoms with Crippen LogP contribution < -0.4 is 0 Å². The first-order valence-electron chi connectivity index (χ1n) is 17.5. The third kappa shape index (κ3) is 3.62. The monoisotopic (exact) mass is 636 g/mol. The van der Waals surface area contributed by atoms with E-state index in [1.165, 1.54) is 87.6 Å². The van der Waals surface area contributed by atoms with Crippen LogP contribution in [-0.4, -0.2) is 0 Å². The molecule has 0 unspecified atom stereocenters. The van der Waals surface area contributed by atoms with E-state index in [1.54, 1.807) is 0 Å². The van der Waals surface area contributed by atoms with Crippen molar-refractivity contribution in [2.45, 2.75) is 19.3 Å². The van der Waals surface area contributed by atoms with Crippen LogP contribution in [0.25, 0.3) is 98.4 Å². The molecule has 9 aromatic carbocycles. The summed E-state index contributed by atoms with van der Waals surface area (Å²) in [7, 11) is 0. The summed E-state index contributed by atoms with van der Waals surface area (Å²) < 4.78 is 6.21. The maximum Gasteiger partial charge on any atom is 0.135 e. The summed E-state index contributed by atoms with van der Waals surface area (Å²) in [4.78, 5) is 0. The predicted molar refractivity (Wildman–Crippen MR) is 212 cm³/mol. The maximum absolute atomic E-state index is 6.21. The number of furan rings is 1. The lowest BCUT2D eigenvalue weighted by molar-refractivity contribution is 0.663. The Hall–Kier alpha value is -6.18. The normalized spacial score (nSPS) is 13.6. The molecule has 1 aromatic heterocycles. The van der Waals surface area contributed by atoms with Gasteiger partial charge in [-0.05, 0) is 112 Å². The van der Waals surface area contributed by atoms with Crippen molar-refractivity contribution in [1.29, 1.82) is 0 Å². The Labute approximate surface area is 290 Å². The zero-order valence-corrected chi connectivity index (χ0v) is 27.9. The maximum atomic E-state index is 6.21. The molecule has 0 spiro atoms. The van der Waals surface area contributed by atoms with Crippen LogP contribution >= 0.6 is 0 Å². The van der Waals surface area contributed by atoms with Crippen LogP contribution in [0.15, 0.2) is 162 Å². The smallest absolute Gasteiger partial charge is 0.135 e. The largest absolute Gasteiger partial charge is 0.456 e.